The van der Waals surface area contributed by atoms with Crippen LogP contribution in [-0.2, 0) is 4.79 Å². The molecule has 4 heteroatoms. The van der Waals surface area contributed by atoms with E-state index in [1.54, 1.807) is 12.3 Å². The fourth-order valence-corrected chi connectivity index (χ4v) is 4.01. The molecule has 1 aromatic heterocycles. The quantitative estimate of drug-likeness (QED) is 0.508. The Morgan fingerprint density at radius 3 is 2.39 bits per heavy atom. The third-order valence-electron chi connectivity index (χ3n) is 6.05. The van der Waals surface area contributed by atoms with Gasteiger partial charge in [0.2, 0.25) is 0 Å². The van der Waals surface area contributed by atoms with Crippen LogP contribution in [0, 0.1) is 5.92 Å². The minimum absolute atomic E-state index is 0.105. The minimum Gasteiger partial charge on any atom is -0.465 e. The summed E-state index contributed by atoms with van der Waals surface area (Å²) in [6.45, 7) is 6.58. The van der Waals surface area contributed by atoms with Gasteiger partial charge in [-0.15, -0.1) is 0 Å². The van der Waals surface area contributed by atoms with Gasteiger partial charge in [-0.1, -0.05) is 49.4 Å². The van der Waals surface area contributed by atoms with Crippen LogP contribution in [0.25, 0.3) is 11.6 Å². The van der Waals surface area contributed by atoms with Gasteiger partial charge in [0.1, 0.15) is 5.76 Å². The summed E-state index contributed by atoms with van der Waals surface area (Å²) in [6.07, 6.45) is 5.90. The van der Waals surface area contributed by atoms with Gasteiger partial charge in [0.05, 0.1) is 17.9 Å². The van der Waals surface area contributed by atoms with Crippen molar-refractivity contribution >= 4 is 23.2 Å². The van der Waals surface area contributed by atoms with E-state index in [0.717, 1.165) is 30.1 Å². The van der Waals surface area contributed by atoms with Gasteiger partial charge < -0.3 is 14.6 Å². The van der Waals surface area contributed by atoms with Crippen molar-refractivity contribution in [1.82, 2.24) is 5.32 Å². The summed E-state index contributed by atoms with van der Waals surface area (Å²) in [7, 11) is 0. The fraction of sp³-hybridized carbons (Fsp3) is 0.296. The second-order valence-corrected chi connectivity index (χ2v) is 8.40. The number of hydrogen-bond donors (Lipinski definition) is 1. The number of nitrogens with zero attached hydrogens (tertiary/aromatic N) is 1. The van der Waals surface area contributed by atoms with Gasteiger partial charge in [0.15, 0.2) is 0 Å². The molecule has 1 N–H and O–H groups in total. The molecule has 1 amide bonds. The molecular weight excluding hydrogens is 384 g/mol. The molecule has 0 bridgehead atoms. The first-order chi connectivity index (χ1) is 15.1. The van der Waals surface area contributed by atoms with Crippen LogP contribution in [-0.4, -0.2) is 19.0 Å². The maximum absolute atomic E-state index is 13.2. The highest BCUT2D eigenvalue weighted by Crippen LogP contribution is 2.25. The lowest BCUT2D eigenvalue weighted by atomic mass is 9.98. The smallest absolute Gasteiger partial charge is 0.252 e. The molecular formula is C27H30N2O2. The zero-order valence-corrected chi connectivity index (χ0v) is 18.3. The average molecular weight is 415 g/mol. The predicted molar refractivity (Wildman–Crippen MR) is 127 cm³/mol. The van der Waals surface area contributed by atoms with Gasteiger partial charge >= 0.3 is 0 Å². The fourth-order valence-electron chi connectivity index (χ4n) is 4.01. The molecule has 2 aromatic carbocycles. The van der Waals surface area contributed by atoms with Gasteiger partial charge in [0.25, 0.3) is 5.91 Å². The maximum atomic E-state index is 13.2. The van der Waals surface area contributed by atoms with E-state index in [9.17, 15) is 4.79 Å². The Hall–Kier alpha value is -3.27. The van der Waals surface area contributed by atoms with Crippen molar-refractivity contribution in [1.29, 1.82) is 0 Å². The van der Waals surface area contributed by atoms with Crippen molar-refractivity contribution in [3.05, 3.63) is 89.9 Å². The summed E-state index contributed by atoms with van der Waals surface area (Å²) in [5.74, 6) is 1.35. The van der Waals surface area contributed by atoms with Crippen LogP contribution < -0.4 is 10.2 Å². The summed E-state index contributed by atoms with van der Waals surface area (Å²) in [5.41, 5.74) is 3.80. The van der Waals surface area contributed by atoms with E-state index in [-0.39, 0.29) is 11.9 Å². The molecule has 0 spiro atoms. The highest BCUT2D eigenvalue weighted by molar-refractivity contribution is 6.24. The summed E-state index contributed by atoms with van der Waals surface area (Å²) in [4.78, 5) is 15.6. The van der Waals surface area contributed by atoms with Gasteiger partial charge in [-0.3, -0.25) is 4.79 Å². The van der Waals surface area contributed by atoms with Gasteiger partial charge in [0, 0.05) is 18.8 Å². The molecule has 0 radical (unpaired) electrons. The SMILES string of the molecule is CC1CCN(c2ccc([C@H](C)NC(=O)/C(=C/c3ccco3)c3ccccc3)cc2)CC1. The standard InChI is InChI=1S/C27H30N2O2/c1-20-14-16-29(17-15-20)24-12-10-22(11-13-24)21(2)28-27(30)26(19-25-9-6-18-31-25)23-7-4-3-5-8-23/h3-13,18-21H,14-17H2,1-2H3,(H,28,30)/b26-19+/t21-/m0/s1. The molecule has 1 aliphatic heterocycles. The number of carbonyl (C=O) groups is 1. The topological polar surface area (TPSA) is 45.5 Å². The number of rotatable bonds is 6. The zero-order valence-electron chi connectivity index (χ0n) is 18.3. The third-order valence-corrected chi connectivity index (χ3v) is 6.05. The second-order valence-electron chi connectivity index (χ2n) is 8.40. The number of furan rings is 1. The molecule has 4 nitrogen and oxygen atoms in total. The molecule has 31 heavy (non-hydrogen) atoms. The van der Waals surface area contributed by atoms with Crippen LogP contribution in [0.5, 0.6) is 0 Å². The number of piperidine rings is 1. The third kappa shape index (κ3) is 5.26. The molecule has 4 rings (SSSR count). The Labute approximate surface area is 184 Å². The number of anilines is 1. The number of amides is 1. The molecule has 1 aliphatic rings. The Balaban J connectivity index is 1.47. The highest BCUT2D eigenvalue weighted by Gasteiger charge is 2.18. The normalized spacial score (nSPS) is 16.2. The predicted octanol–water partition coefficient (Wildman–Crippen LogP) is 5.93. The number of hydrogen-bond acceptors (Lipinski definition) is 3. The number of carbonyl (C=O) groups excluding carboxylic acids is 1. The largest absolute Gasteiger partial charge is 0.465 e. The van der Waals surface area contributed by atoms with E-state index in [1.165, 1.54) is 18.5 Å². The van der Waals surface area contributed by atoms with Crippen molar-refractivity contribution in [2.45, 2.75) is 32.7 Å². The molecule has 1 atom stereocenters. The van der Waals surface area contributed by atoms with Gasteiger partial charge in [-0.2, -0.15) is 0 Å². The van der Waals surface area contributed by atoms with E-state index >= 15 is 0 Å². The lowest BCUT2D eigenvalue weighted by molar-refractivity contribution is -0.116. The van der Waals surface area contributed by atoms with E-state index in [0.29, 0.717) is 11.3 Å². The number of nitrogens with one attached hydrogen (secondary N) is 1. The minimum atomic E-state index is -0.121. The Morgan fingerprint density at radius 2 is 1.74 bits per heavy atom. The first kappa shape index (κ1) is 21.0. The van der Waals surface area contributed by atoms with Crippen LogP contribution >= 0.6 is 0 Å². The van der Waals surface area contributed by atoms with Crippen molar-refractivity contribution in [2.24, 2.45) is 5.92 Å². The average Bonchev–Trinajstić information content (AvgIpc) is 3.32. The maximum Gasteiger partial charge on any atom is 0.252 e. The van der Waals surface area contributed by atoms with Crippen LogP contribution in [0.1, 0.15) is 49.6 Å². The van der Waals surface area contributed by atoms with E-state index in [1.807, 2.05) is 49.4 Å². The summed E-state index contributed by atoms with van der Waals surface area (Å²) in [5, 5.41) is 3.15. The summed E-state index contributed by atoms with van der Waals surface area (Å²) >= 11 is 0. The van der Waals surface area contributed by atoms with E-state index in [4.69, 9.17) is 4.42 Å². The molecule has 3 aromatic rings. The zero-order chi connectivity index (χ0) is 21.6. The molecule has 0 aliphatic carbocycles. The molecule has 1 fully saturated rings. The molecule has 1 saturated heterocycles. The first-order valence-corrected chi connectivity index (χ1v) is 11.1. The second kappa shape index (κ2) is 9.69. The van der Waals surface area contributed by atoms with Crippen molar-refractivity contribution in [3.63, 3.8) is 0 Å². The summed E-state index contributed by atoms with van der Waals surface area (Å²) in [6, 6.07) is 21.8. The lowest BCUT2D eigenvalue weighted by Crippen LogP contribution is -2.32. The first-order valence-electron chi connectivity index (χ1n) is 11.1. The monoisotopic (exact) mass is 414 g/mol. The molecule has 0 saturated carbocycles. The van der Waals surface area contributed by atoms with Crippen LogP contribution in [0.3, 0.4) is 0 Å². The number of benzene rings is 2. The van der Waals surface area contributed by atoms with Crippen molar-refractivity contribution in [2.75, 3.05) is 18.0 Å². The van der Waals surface area contributed by atoms with Crippen LogP contribution in [0.4, 0.5) is 5.69 Å². The van der Waals surface area contributed by atoms with Crippen LogP contribution in [0.2, 0.25) is 0 Å². The summed E-state index contributed by atoms with van der Waals surface area (Å²) < 4.78 is 5.44. The Bertz CT molecular complexity index is 999. The van der Waals surface area contributed by atoms with Crippen LogP contribution in [0.15, 0.2) is 77.4 Å². The van der Waals surface area contributed by atoms with Gasteiger partial charge in [-0.05, 0) is 67.2 Å². The Morgan fingerprint density at radius 1 is 1.03 bits per heavy atom. The van der Waals surface area contributed by atoms with E-state index in [2.05, 4.69) is 41.4 Å². The van der Waals surface area contributed by atoms with E-state index < -0.39 is 0 Å². The lowest BCUT2D eigenvalue weighted by Gasteiger charge is -2.32. The van der Waals surface area contributed by atoms with Crippen molar-refractivity contribution in [3.8, 4) is 0 Å². The van der Waals surface area contributed by atoms with Gasteiger partial charge in [-0.25, -0.2) is 0 Å². The molecule has 0 unspecified atom stereocenters. The Kier molecular flexibility index (Phi) is 6.56. The highest BCUT2D eigenvalue weighted by atomic mass is 16.3. The van der Waals surface area contributed by atoms with Crippen molar-refractivity contribution < 1.29 is 9.21 Å². The molecule has 160 valence electrons. The molecule has 2 heterocycles.